The van der Waals surface area contributed by atoms with Crippen LogP contribution in [0.15, 0.2) is 0 Å². The van der Waals surface area contributed by atoms with Crippen LogP contribution in [0.1, 0.15) is 53.9 Å². The predicted molar refractivity (Wildman–Crippen MR) is 78.5 cm³/mol. The second kappa shape index (κ2) is 7.76. The van der Waals surface area contributed by atoms with Gasteiger partial charge >= 0.3 is 0 Å². The zero-order chi connectivity index (χ0) is 14.2. The van der Waals surface area contributed by atoms with Crippen LogP contribution in [0.4, 0.5) is 0 Å². The van der Waals surface area contributed by atoms with E-state index in [9.17, 15) is 0 Å². The van der Waals surface area contributed by atoms with E-state index in [-0.39, 0.29) is 5.54 Å². The van der Waals surface area contributed by atoms with Gasteiger partial charge in [-0.3, -0.25) is 5.32 Å². The SMILES string of the molecule is CCNC(C)(C#N)CCCCN(C)CC(C)(C)C. The Bertz CT molecular complexity index is 262. The summed E-state index contributed by atoms with van der Waals surface area (Å²) in [6, 6.07) is 2.38. The van der Waals surface area contributed by atoms with Crippen molar-refractivity contribution >= 4 is 0 Å². The second-order valence-corrected chi connectivity index (χ2v) is 6.73. The molecule has 0 aliphatic carbocycles. The van der Waals surface area contributed by atoms with Gasteiger partial charge in [0.15, 0.2) is 0 Å². The van der Waals surface area contributed by atoms with Gasteiger partial charge in [0.05, 0.1) is 6.07 Å². The largest absolute Gasteiger partial charge is 0.306 e. The maximum atomic E-state index is 9.15. The molecule has 0 aliphatic heterocycles. The van der Waals surface area contributed by atoms with Crippen molar-refractivity contribution in [1.82, 2.24) is 10.2 Å². The van der Waals surface area contributed by atoms with Crippen molar-refractivity contribution in [2.75, 3.05) is 26.7 Å². The lowest BCUT2D eigenvalue weighted by Gasteiger charge is -2.27. The Kier molecular flexibility index (Phi) is 7.51. The van der Waals surface area contributed by atoms with Crippen molar-refractivity contribution in [2.24, 2.45) is 5.41 Å². The fourth-order valence-corrected chi connectivity index (χ4v) is 2.32. The van der Waals surface area contributed by atoms with Crippen LogP contribution >= 0.6 is 0 Å². The number of hydrogen-bond acceptors (Lipinski definition) is 3. The quantitative estimate of drug-likeness (QED) is 0.676. The molecule has 1 N–H and O–H groups in total. The van der Waals surface area contributed by atoms with Gasteiger partial charge in [-0.2, -0.15) is 5.26 Å². The summed E-state index contributed by atoms with van der Waals surface area (Å²) in [6.07, 6.45) is 3.20. The number of nitrogens with zero attached hydrogens (tertiary/aromatic N) is 2. The minimum atomic E-state index is -0.350. The Morgan fingerprint density at radius 1 is 1.17 bits per heavy atom. The molecule has 1 unspecified atom stereocenters. The van der Waals surface area contributed by atoms with Crippen LogP contribution in [-0.2, 0) is 0 Å². The molecule has 1 atom stereocenters. The number of hydrogen-bond donors (Lipinski definition) is 1. The summed E-state index contributed by atoms with van der Waals surface area (Å²) in [7, 11) is 2.18. The summed E-state index contributed by atoms with van der Waals surface area (Å²) in [5.74, 6) is 0. The van der Waals surface area contributed by atoms with Crippen LogP contribution in [-0.4, -0.2) is 37.1 Å². The molecule has 3 heteroatoms. The van der Waals surface area contributed by atoms with Crippen LogP contribution in [0, 0.1) is 16.7 Å². The number of nitrogens with one attached hydrogen (secondary N) is 1. The fraction of sp³-hybridized carbons (Fsp3) is 0.933. The highest BCUT2D eigenvalue weighted by Gasteiger charge is 2.21. The van der Waals surface area contributed by atoms with E-state index in [0.717, 1.165) is 38.9 Å². The lowest BCUT2D eigenvalue weighted by molar-refractivity contribution is 0.221. The molecule has 0 aliphatic rings. The molecule has 0 aromatic heterocycles. The molecule has 0 saturated carbocycles. The lowest BCUT2D eigenvalue weighted by Crippen LogP contribution is -2.40. The van der Waals surface area contributed by atoms with E-state index < -0.39 is 0 Å². The van der Waals surface area contributed by atoms with Crippen molar-refractivity contribution in [3.05, 3.63) is 0 Å². The molecule has 0 rings (SSSR count). The lowest BCUT2D eigenvalue weighted by atomic mass is 9.95. The van der Waals surface area contributed by atoms with E-state index in [1.54, 1.807) is 0 Å². The average molecular weight is 253 g/mol. The topological polar surface area (TPSA) is 39.1 Å². The summed E-state index contributed by atoms with van der Waals surface area (Å²) in [6.45, 7) is 13.9. The van der Waals surface area contributed by atoms with Gasteiger partial charge in [0.25, 0.3) is 0 Å². The summed E-state index contributed by atoms with van der Waals surface area (Å²) >= 11 is 0. The number of nitriles is 1. The van der Waals surface area contributed by atoms with Crippen LogP contribution in [0.5, 0.6) is 0 Å². The van der Waals surface area contributed by atoms with Gasteiger partial charge in [0, 0.05) is 6.54 Å². The van der Waals surface area contributed by atoms with Crippen molar-refractivity contribution in [3.8, 4) is 6.07 Å². The average Bonchev–Trinajstić information content (AvgIpc) is 2.22. The highest BCUT2D eigenvalue weighted by atomic mass is 15.1. The Hall–Kier alpha value is -0.590. The number of rotatable bonds is 8. The minimum absolute atomic E-state index is 0.350. The van der Waals surface area contributed by atoms with Crippen LogP contribution < -0.4 is 5.32 Å². The van der Waals surface area contributed by atoms with E-state index >= 15 is 0 Å². The fourth-order valence-electron chi connectivity index (χ4n) is 2.32. The molecule has 0 radical (unpaired) electrons. The maximum absolute atomic E-state index is 9.15. The number of unbranched alkanes of at least 4 members (excludes halogenated alkanes) is 1. The highest BCUT2D eigenvalue weighted by molar-refractivity contribution is 5.03. The first-order chi connectivity index (χ1) is 8.22. The maximum Gasteiger partial charge on any atom is 0.103 e. The van der Waals surface area contributed by atoms with E-state index in [1.165, 1.54) is 0 Å². The Morgan fingerprint density at radius 3 is 2.22 bits per heavy atom. The molecule has 0 bridgehead atoms. The van der Waals surface area contributed by atoms with Gasteiger partial charge in [-0.05, 0) is 51.7 Å². The van der Waals surface area contributed by atoms with Gasteiger partial charge < -0.3 is 4.90 Å². The van der Waals surface area contributed by atoms with Crippen molar-refractivity contribution in [3.63, 3.8) is 0 Å². The molecule has 0 saturated heterocycles. The monoisotopic (exact) mass is 253 g/mol. The van der Waals surface area contributed by atoms with Gasteiger partial charge in [-0.1, -0.05) is 27.7 Å². The van der Waals surface area contributed by atoms with Gasteiger partial charge in [-0.25, -0.2) is 0 Å². The van der Waals surface area contributed by atoms with Gasteiger partial charge in [0.1, 0.15) is 5.54 Å². The minimum Gasteiger partial charge on any atom is -0.306 e. The molecule has 3 nitrogen and oxygen atoms in total. The molecule has 0 heterocycles. The van der Waals surface area contributed by atoms with Crippen LogP contribution in [0.2, 0.25) is 0 Å². The smallest absolute Gasteiger partial charge is 0.103 e. The van der Waals surface area contributed by atoms with Crippen molar-refractivity contribution < 1.29 is 0 Å². The molecular formula is C15H31N3. The molecule has 0 aromatic carbocycles. The van der Waals surface area contributed by atoms with Crippen LogP contribution in [0.3, 0.4) is 0 Å². The summed E-state index contributed by atoms with van der Waals surface area (Å²) in [4.78, 5) is 2.39. The first-order valence-electron chi connectivity index (χ1n) is 7.07. The Balaban J connectivity index is 3.83. The standard InChI is InChI=1S/C15H31N3/c1-7-17-15(5,12-16)10-8-9-11-18(6)13-14(2,3)4/h17H,7-11,13H2,1-6H3. The summed E-state index contributed by atoms with van der Waals surface area (Å²) < 4.78 is 0. The molecule has 18 heavy (non-hydrogen) atoms. The molecule has 0 fully saturated rings. The summed E-state index contributed by atoms with van der Waals surface area (Å²) in [5, 5.41) is 12.4. The van der Waals surface area contributed by atoms with Crippen molar-refractivity contribution in [2.45, 2.75) is 59.4 Å². The van der Waals surface area contributed by atoms with E-state index in [1.807, 2.05) is 13.8 Å². The zero-order valence-electron chi connectivity index (χ0n) is 13.1. The third-order valence-electron chi connectivity index (χ3n) is 3.02. The van der Waals surface area contributed by atoms with Gasteiger partial charge in [0.2, 0.25) is 0 Å². The molecule has 106 valence electrons. The summed E-state index contributed by atoms with van der Waals surface area (Å²) in [5.41, 5.74) is 0.0109. The first-order valence-corrected chi connectivity index (χ1v) is 7.07. The third kappa shape index (κ3) is 8.49. The van der Waals surface area contributed by atoms with Crippen LogP contribution in [0.25, 0.3) is 0 Å². The van der Waals surface area contributed by atoms with Gasteiger partial charge in [-0.15, -0.1) is 0 Å². The molecular weight excluding hydrogens is 222 g/mol. The van der Waals surface area contributed by atoms with E-state index in [2.05, 4.69) is 44.1 Å². The van der Waals surface area contributed by atoms with E-state index in [0.29, 0.717) is 5.41 Å². The van der Waals surface area contributed by atoms with E-state index in [4.69, 9.17) is 5.26 Å². The zero-order valence-corrected chi connectivity index (χ0v) is 13.1. The Labute approximate surface area is 114 Å². The normalized spacial score (nSPS) is 15.4. The second-order valence-electron chi connectivity index (χ2n) is 6.73. The Morgan fingerprint density at radius 2 is 1.78 bits per heavy atom. The van der Waals surface area contributed by atoms with Crippen molar-refractivity contribution in [1.29, 1.82) is 5.26 Å². The third-order valence-corrected chi connectivity index (χ3v) is 3.02. The molecule has 0 spiro atoms. The molecule has 0 aromatic rings. The highest BCUT2D eigenvalue weighted by Crippen LogP contribution is 2.16. The predicted octanol–water partition coefficient (Wildman–Crippen LogP) is 3.03. The first kappa shape index (κ1) is 17.4. The molecule has 0 amide bonds.